The third-order valence-corrected chi connectivity index (χ3v) is 15.8. The van der Waals surface area contributed by atoms with E-state index >= 15 is 0 Å². The first-order chi connectivity index (χ1) is 41.6. The average Bonchev–Trinajstić information content (AvgIpc) is 3.53. The van der Waals surface area contributed by atoms with Gasteiger partial charge in [0.05, 0.1) is 0 Å². The smallest absolute Gasteiger partial charge is 0.0468 e. The van der Waals surface area contributed by atoms with E-state index in [1.807, 2.05) is 0 Å². The van der Waals surface area contributed by atoms with Gasteiger partial charge < -0.3 is 19.6 Å². The predicted octanol–water partition coefficient (Wildman–Crippen LogP) is 22.9. The molecule has 0 spiro atoms. The van der Waals surface area contributed by atoms with Gasteiger partial charge in [-0.15, -0.1) is 0 Å². The molecule has 0 bridgehead atoms. The molecule has 0 saturated heterocycles. The van der Waals surface area contributed by atoms with Crippen molar-refractivity contribution in [3.63, 3.8) is 0 Å². The third-order valence-electron chi connectivity index (χ3n) is 15.8. The zero-order valence-electron chi connectivity index (χ0n) is 46.3. The molecule has 0 heterocycles. The number of benzene rings is 14. The maximum Gasteiger partial charge on any atom is 0.0468 e. The van der Waals surface area contributed by atoms with Crippen LogP contribution in [0.4, 0.5) is 68.2 Å². The second-order valence-corrected chi connectivity index (χ2v) is 21.0. The quantitative estimate of drug-likeness (QED) is 0.101. The van der Waals surface area contributed by atoms with Gasteiger partial charge in [0.1, 0.15) is 0 Å². The van der Waals surface area contributed by atoms with E-state index in [9.17, 15) is 0 Å². The molecule has 4 nitrogen and oxygen atoms in total. The van der Waals surface area contributed by atoms with Crippen LogP contribution in [0.2, 0.25) is 0 Å². The molecule has 0 unspecified atom stereocenters. The molecule has 14 aromatic carbocycles. The van der Waals surface area contributed by atoms with Crippen LogP contribution in [0.25, 0.3) is 54.9 Å². The lowest BCUT2D eigenvalue weighted by atomic mass is 9.99. The van der Waals surface area contributed by atoms with Gasteiger partial charge in [0.2, 0.25) is 0 Å². The van der Waals surface area contributed by atoms with Crippen molar-refractivity contribution in [3.8, 4) is 33.4 Å². The molecule has 0 aliphatic heterocycles. The second kappa shape index (κ2) is 23.1. The molecule has 14 aromatic rings. The maximum atomic E-state index is 2.34. The molecule has 0 fully saturated rings. The van der Waals surface area contributed by atoms with E-state index < -0.39 is 0 Å². The molecule has 398 valence electrons. The Morgan fingerprint density at radius 3 is 0.536 bits per heavy atom. The Morgan fingerprint density at radius 2 is 0.286 bits per heavy atom. The van der Waals surface area contributed by atoms with Gasteiger partial charge in [0, 0.05) is 68.2 Å². The molecular formula is C80H58N4. The lowest BCUT2D eigenvalue weighted by Crippen LogP contribution is -2.10. The van der Waals surface area contributed by atoms with Crippen LogP contribution in [0, 0.1) is 0 Å². The topological polar surface area (TPSA) is 13.0 Å². The van der Waals surface area contributed by atoms with Crippen LogP contribution in [0.15, 0.2) is 352 Å². The van der Waals surface area contributed by atoms with Gasteiger partial charge in [-0.05, 0) is 213 Å². The molecule has 0 saturated carbocycles. The summed E-state index contributed by atoms with van der Waals surface area (Å²) in [5.74, 6) is 0. The molecule has 0 amide bonds. The van der Waals surface area contributed by atoms with Crippen molar-refractivity contribution >= 4 is 89.8 Å². The largest absolute Gasteiger partial charge is 0.311 e. The Morgan fingerprint density at radius 1 is 0.119 bits per heavy atom. The SMILES string of the molecule is c1ccc(N(c2ccccc2)c2ccc(-c3ccc4cc(N(c5ccccc5)c5ccc(-c6ccc(N(c7ccccc7)c7ccc8cc(-c9ccc(N(c%10ccccc%10)c%10ccccc%10)cc9)ccc8c7)cc6)cc5)ccc4c3)cc2)cc1. The number of hydrogen-bond donors (Lipinski definition) is 0. The summed E-state index contributed by atoms with van der Waals surface area (Å²) in [7, 11) is 0. The van der Waals surface area contributed by atoms with Crippen LogP contribution < -0.4 is 19.6 Å². The van der Waals surface area contributed by atoms with Crippen LogP contribution >= 0.6 is 0 Å². The summed E-state index contributed by atoms with van der Waals surface area (Å²) in [5, 5.41) is 4.74. The van der Waals surface area contributed by atoms with E-state index in [-0.39, 0.29) is 0 Å². The molecule has 4 heteroatoms. The highest BCUT2D eigenvalue weighted by molar-refractivity contribution is 5.95. The van der Waals surface area contributed by atoms with Gasteiger partial charge in [-0.1, -0.05) is 194 Å². The molecule has 0 aliphatic rings. The van der Waals surface area contributed by atoms with Crippen LogP contribution in [-0.4, -0.2) is 0 Å². The Labute approximate surface area is 491 Å². The van der Waals surface area contributed by atoms with Gasteiger partial charge in [-0.25, -0.2) is 0 Å². The first-order valence-electron chi connectivity index (χ1n) is 28.6. The van der Waals surface area contributed by atoms with Crippen molar-refractivity contribution in [2.45, 2.75) is 0 Å². The Kier molecular flexibility index (Phi) is 14.0. The van der Waals surface area contributed by atoms with Crippen molar-refractivity contribution in [3.05, 3.63) is 352 Å². The average molecular weight is 1080 g/mol. The zero-order chi connectivity index (χ0) is 56.0. The number of fused-ring (bicyclic) bond motifs is 2. The first-order valence-corrected chi connectivity index (χ1v) is 28.6. The van der Waals surface area contributed by atoms with Gasteiger partial charge in [0.25, 0.3) is 0 Å². The summed E-state index contributed by atoms with van der Waals surface area (Å²) in [6.07, 6.45) is 0. The number of rotatable bonds is 15. The maximum absolute atomic E-state index is 2.34. The monoisotopic (exact) mass is 1070 g/mol. The summed E-state index contributed by atoms with van der Waals surface area (Å²) in [6.45, 7) is 0. The van der Waals surface area contributed by atoms with Crippen LogP contribution in [0.5, 0.6) is 0 Å². The van der Waals surface area contributed by atoms with Crippen molar-refractivity contribution in [1.29, 1.82) is 0 Å². The predicted molar refractivity (Wildman–Crippen MR) is 356 cm³/mol. The molecular weight excluding hydrogens is 1020 g/mol. The highest BCUT2D eigenvalue weighted by atomic mass is 15.2. The highest BCUT2D eigenvalue weighted by Crippen LogP contribution is 2.42. The summed E-state index contributed by atoms with van der Waals surface area (Å²) in [4.78, 5) is 9.28. The Bertz CT molecular complexity index is 4110. The van der Waals surface area contributed by atoms with Crippen LogP contribution in [0.3, 0.4) is 0 Å². The fourth-order valence-corrected chi connectivity index (χ4v) is 11.6. The Hall–Kier alpha value is -11.2. The van der Waals surface area contributed by atoms with Gasteiger partial charge in [0.15, 0.2) is 0 Å². The van der Waals surface area contributed by atoms with E-state index in [0.29, 0.717) is 0 Å². The minimum Gasteiger partial charge on any atom is -0.311 e. The summed E-state index contributed by atoms with van der Waals surface area (Å²) < 4.78 is 0. The normalized spacial score (nSPS) is 11.1. The molecule has 0 aliphatic carbocycles. The summed E-state index contributed by atoms with van der Waals surface area (Å²) in [6, 6.07) is 126. The van der Waals surface area contributed by atoms with Crippen molar-refractivity contribution in [1.82, 2.24) is 0 Å². The number of hydrogen-bond acceptors (Lipinski definition) is 4. The molecule has 84 heavy (non-hydrogen) atoms. The molecule has 0 radical (unpaired) electrons. The van der Waals surface area contributed by atoms with Crippen LogP contribution in [0.1, 0.15) is 0 Å². The fraction of sp³-hybridized carbons (Fsp3) is 0. The van der Waals surface area contributed by atoms with Gasteiger partial charge >= 0.3 is 0 Å². The first kappa shape index (κ1) is 51.0. The zero-order valence-corrected chi connectivity index (χ0v) is 46.3. The van der Waals surface area contributed by atoms with Crippen molar-refractivity contribution in [2.24, 2.45) is 0 Å². The minimum atomic E-state index is 1.09. The van der Waals surface area contributed by atoms with Gasteiger partial charge in [-0.3, -0.25) is 0 Å². The van der Waals surface area contributed by atoms with Gasteiger partial charge in [-0.2, -0.15) is 0 Å². The van der Waals surface area contributed by atoms with E-state index in [2.05, 4.69) is 371 Å². The summed E-state index contributed by atoms with van der Waals surface area (Å²) >= 11 is 0. The van der Waals surface area contributed by atoms with Crippen molar-refractivity contribution < 1.29 is 0 Å². The molecule has 0 N–H and O–H groups in total. The van der Waals surface area contributed by atoms with Crippen molar-refractivity contribution in [2.75, 3.05) is 19.6 Å². The minimum absolute atomic E-state index is 1.09. The molecule has 14 rings (SSSR count). The van der Waals surface area contributed by atoms with E-state index in [1.54, 1.807) is 0 Å². The highest BCUT2D eigenvalue weighted by Gasteiger charge is 2.18. The van der Waals surface area contributed by atoms with Crippen LogP contribution in [-0.2, 0) is 0 Å². The van der Waals surface area contributed by atoms with E-state index in [4.69, 9.17) is 0 Å². The lowest BCUT2D eigenvalue weighted by Gasteiger charge is -2.26. The lowest BCUT2D eigenvalue weighted by molar-refractivity contribution is 1.28. The summed E-state index contributed by atoms with van der Waals surface area (Å²) in [5.41, 5.74) is 20.3. The molecule has 0 aromatic heterocycles. The number of nitrogens with zero attached hydrogens (tertiary/aromatic N) is 4. The molecule has 0 atom stereocenters. The second-order valence-electron chi connectivity index (χ2n) is 21.0. The Balaban J connectivity index is 0.704. The number of anilines is 12. The fourth-order valence-electron chi connectivity index (χ4n) is 11.6. The van der Waals surface area contributed by atoms with E-state index in [0.717, 1.165) is 79.4 Å². The third kappa shape index (κ3) is 10.6. The number of para-hydroxylation sites is 6. The van der Waals surface area contributed by atoms with E-state index in [1.165, 1.54) is 43.8 Å². The standard InChI is InChI=1S/C80H58N4/c1-7-19-69(20-8-1)81(70-21-9-2-10-22-70)75-49-39-61(40-50-75)63-31-33-67-57-79(53-43-65(67)55-63)83(73-27-15-5-16-28-73)77-45-35-59(36-46-77)60-37-47-78(48-38-60)84(74-29-17-6-18-30-74)80-54-44-66-56-64(32-34-68(66)58-80)62-41-51-76(52-42-62)82(71-23-11-3-12-24-71)72-25-13-4-14-26-72/h1-58H.